The Hall–Kier alpha value is -2.54. The minimum Gasteiger partial charge on any atom is -0.340 e. The predicted octanol–water partition coefficient (Wildman–Crippen LogP) is 7.04. The average molecular weight is 358 g/mol. The van der Waals surface area contributed by atoms with Gasteiger partial charge in [0.15, 0.2) is 0 Å². The highest BCUT2D eigenvalue weighted by Crippen LogP contribution is 2.36. The van der Waals surface area contributed by atoms with Gasteiger partial charge in [0.05, 0.1) is 0 Å². The number of hydrogen-bond acceptors (Lipinski definition) is 0. The quantitative estimate of drug-likeness (QED) is 0.370. The van der Waals surface area contributed by atoms with E-state index in [1.165, 1.54) is 38.9 Å². The van der Waals surface area contributed by atoms with E-state index in [-0.39, 0.29) is 0 Å². The smallest absolute Gasteiger partial charge is 0.0494 e. The SMILES string of the molecule is C=CC(=C)c1c(CC)n(CC2=CC=CCC2C)c2cccc(CC(=C)C)c12. The van der Waals surface area contributed by atoms with Crippen molar-refractivity contribution in [1.82, 2.24) is 4.57 Å². The second-order valence-corrected chi connectivity index (χ2v) is 7.74. The molecule has 3 rings (SSSR count). The molecule has 27 heavy (non-hydrogen) atoms. The molecule has 1 nitrogen and oxygen atoms in total. The van der Waals surface area contributed by atoms with Crippen molar-refractivity contribution in [3.05, 3.63) is 90.2 Å². The summed E-state index contributed by atoms with van der Waals surface area (Å²) in [7, 11) is 0. The molecule has 2 aromatic rings. The van der Waals surface area contributed by atoms with Crippen molar-refractivity contribution in [3.63, 3.8) is 0 Å². The number of fused-ring (bicyclic) bond motifs is 1. The molecule has 0 saturated carbocycles. The molecule has 0 fully saturated rings. The Labute approximate surface area is 164 Å². The summed E-state index contributed by atoms with van der Waals surface area (Å²) in [5, 5.41) is 1.32. The zero-order valence-corrected chi connectivity index (χ0v) is 17.0. The van der Waals surface area contributed by atoms with E-state index in [4.69, 9.17) is 0 Å². The lowest BCUT2D eigenvalue weighted by Crippen LogP contribution is -2.11. The minimum absolute atomic E-state index is 0.585. The Bertz CT molecular complexity index is 962. The van der Waals surface area contributed by atoms with Crippen LogP contribution in [-0.2, 0) is 19.4 Å². The fourth-order valence-electron chi connectivity index (χ4n) is 4.17. The third kappa shape index (κ3) is 3.64. The van der Waals surface area contributed by atoms with Gasteiger partial charge in [-0.3, -0.25) is 0 Å². The van der Waals surface area contributed by atoms with Crippen LogP contribution in [0.3, 0.4) is 0 Å². The molecule has 1 aromatic heterocycles. The van der Waals surface area contributed by atoms with Crippen LogP contribution in [0.1, 0.15) is 44.0 Å². The molecule has 1 unspecified atom stereocenters. The van der Waals surface area contributed by atoms with Crippen LogP contribution in [0.25, 0.3) is 16.5 Å². The Kier molecular flexibility index (Phi) is 5.70. The summed E-state index contributed by atoms with van der Waals surface area (Å²) in [6.45, 7) is 20.0. The van der Waals surface area contributed by atoms with Gasteiger partial charge in [-0.25, -0.2) is 0 Å². The predicted molar refractivity (Wildman–Crippen MR) is 120 cm³/mol. The molecule has 1 aliphatic carbocycles. The van der Waals surface area contributed by atoms with E-state index in [0.29, 0.717) is 5.92 Å². The zero-order chi connectivity index (χ0) is 19.6. The lowest BCUT2D eigenvalue weighted by molar-refractivity contribution is 0.612. The van der Waals surface area contributed by atoms with Crippen LogP contribution in [0.4, 0.5) is 0 Å². The molecule has 1 heteroatoms. The fraction of sp³-hybridized carbons (Fsp3) is 0.308. The Morgan fingerprint density at radius 3 is 2.70 bits per heavy atom. The highest BCUT2D eigenvalue weighted by atomic mass is 15.0. The Morgan fingerprint density at radius 1 is 1.30 bits per heavy atom. The standard InChI is InChI=1S/C26H31N/c1-7-19(5)25-23(8-2)27(17-22-13-10-9-12-20(22)6)24-15-11-14-21(26(24)25)16-18(3)4/h7,9-11,13-15,20H,1,3,5,8,12,16-17H2,2,4,6H3. The van der Waals surface area contributed by atoms with Gasteiger partial charge in [0.25, 0.3) is 0 Å². The van der Waals surface area contributed by atoms with Gasteiger partial charge in [-0.05, 0) is 54.9 Å². The van der Waals surface area contributed by atoms with E-state index < -0.39 is 0 Å². The summed E-state index contributed by atoms with van der Waals surface area (Å²) in [6, 6.07) is 6.65. The first-order valence-electron chi connectivity index (χ1n) is 9.92. The van der Waals surface area contributed by atoms with Crippen LogP contribution in [0.5, 0.6) is 0 Å². The molecule has 1 heterocycles. The van der Waals surface area contributed by atoms with E-state index in [1.807, 2.05) is 6.08 Å². The lowest BCUT2D eigenvalue weighted by atomic mass is 9.93. The van der Waals surface area contributed by atoms with E-state index in [1.54, 1.807) is 0 Å². The second kappa shape index (κ2) is 8.00. The molecule has 0 N–H and O–H groups in total. The highest BCUT2D eigenvalue weighted by Gasteiger charge is 2.21. The molecular weight excluding hydrogens is 326 g/mol. The Balaban J connectivity index is 2.28. The molecule has 1 atom stereocenters. The van der Waals surface area contributed by atoms with E-state index >= 15 is 0 Å². The first-order chi connectivity index (χ1) is 13.0. The topological polar surface area (TPSA) is 4.93 Å². The van der Waals surface area contributed by atoms with Gasteiger partial charge in [0, 0.05) is 28.7 Å². The molecule has 0 aliphatic heterocycles. The van der Waals surface area contributed by atoms with Crippen molar-refractivity contribution in [1.29, 1.82) is 0 Å². The summed E-state index contributed by atoms with van der Waals surface area (Å²) < 4.78 is 2.50. The third-order valence-corrected chi connectivity index (χ3v) is 5.59. The zero-order valence-electron chi connectivity index (χ0n) is 17.0. The molecule has 0 spiro atoms. The number of rotatable bonds is 7. The maximum absolute atomic E-state index is 4.32. The van der Waals surface area contributed by atoms with Gasteiger partial charge in [0.2, 0.25) is 0 Å². The maximum atomic E-state index is 4.32. The van der Waals surface area contributed by atoms with Crippen molar-refractivity contribution in [2.45, 2.75) is 46.6 Å². The number of benzene rings is 1. The fourth-order valence-corrected chi connectivity index (χ4v) is 4.17. The normalized spacial score (nSPS) is 16.4. The number of nitrogens with zero attached hydrogens (tertiary/aromatic N) is 1. The summed E-state index contributed by atoms with van der Waals surface area (Å²) in [6.07, 6.45) is 11.6. The number of allylic oxidation sites excluding steroid dienone is 7. The summed E-state index contributed by atoms with van der Waals surface area (Å²) in [4.78, 5) is 0. The molecule has 1 aliphatic rings. The van der Waals surface area contributed by atoms with Gasteiger partial charge in [-0.15, -0.1) is 0 Å². The maximum Gasteiger partial charge on any atom is 0.0494 e. The molecule has 0 bridgehead atoms. The molecule has 1 aromatic carbocycles. The first kappa shape index (κ1) is 19.2. The number of aromatic nitrogens is 1. The lowest BCUT2D eigenvalue weighted by Gasteiger charge is -2.20. The summed E-state index contributed by atoms with van der Waals surface area (Å²) >= 11 is 0. The van der Waals surface area contributed by atoms with E-state index in [0.717, 1.165) is 31.4 Å². The van der Waals surface area contributed by atoms with Crippen LogP contribution < -0.4 is 0 Å². The first-order valence-corrected chi connectivity index (χ1v) is 9.92. The van der Waals surface area contributed by atoms with E-state index in [2.05, 4.69) is 81.5 Å². The molecular formula is C26H31N. The van der Waals surface area contributed by atoms with Gasteiger partial charge < -0.3 is 4.57 Å². The van der Waals surface area contributed by atoms with Crippen LogP contribution in [-0.4, -0.2) is 4.57 Å². The second-order valence-electron chi connectivity index (χ2n) is 7.74. The van der Waals surface area contributed by atoms with Crippen LogP contribution in [0, 0.1) is 5.92 Å². The molecule has 0 saturated heterocycles. The van der Waals surface area contributed by atoms with Crippen molar-refractivity contribution in [2.24, 2.45) is 5.92 Å². The third-order valence-electron chi connectivity index (χ3n) is 5.59. The number of hydrogen-bond donors (Lipinski definition) is 0. The van der Waals surface area contributed by atoms with E-state index in [9.17, 15) is 0 Å². The monoisotopic (exact) mass is 357 g/mol. The van der Waals surface area contributed by atoms with Gasteiger partial charge in [-0.1, -0.05) is 75.6 Å². The van der Waals surface area contributed by atoms with Crippen LogP contribution in [0.15, 0.2) is 73.4 Å². The van der Waals surface area contributed by atoms with Gasteiger partial charge >= 0.3 is 0 Å². The summed E-state index contributed by atoms with van der Waals surface area (Å²) in [5.41, 5.74) is 8.92. The molecule has 0 radical (unpaired) electrons. The highest BCUT2D eigenvalue weighted by molar-refractivity contribution is 5.99. The van der Waals surface area contributed by atoms with Crippen molar-refractivity contribution < 1.29 is 0 Å². The van der Waals surface area contributed by atoms with Crippen molar-refractivity contribution >= 4 is 16.5 Å². The van der Waals surface area contributed by atoms with Gasteiger partial charge in [-0.2, -0.15) is 0 Å². The minimum atomic E-state index is 0.585. The largest absolute Gasteiger partial charge is 0.340 e. The van der Waals surface area contributed by atoms with Crippen LogP contribution >= 0.6 is 0 Å². The van der Waals surface area contributed by atoms with Crippen LogP contribution in [0.2, 0.25) is 0 Å². The summed E-state index contributed by atoms with van der Waals surface area (Å²) in [5.74, 6) is 0.585. The average Bonchev–Trinajstić information content (AvgIpc) is 2.97. The van der Waals surface area contributed by atoms with Crippen molar-refractivity contribution in [3.8, 4) is 0 Å². The molecule has 0 amide bonds. The molecule has 140 valence electrons. The van der Waals surface area contributed by atoms with Crippen molar-refractivity contribution in [2.75, 3.05) is 0 Å². The van der Waals surface area contributed by atoms with Gasteiger partial charge in [0.1, 0.15) is 0 Å². The Morgan fingerprint density at radius 2 is 2.07 bits per heavy atom.